The first-order valence-corrected chi connectivity index (χ1v) is 8.95. The summed E-state index contributed by atoms with van der Waals surface area (Å²) in [5, 5.41) is 6.06. The number of ether oxygens (including phenoxy) is 1. The molecular weight excluding hydrogens is 381 g/mol. The standard InChI is InChI=1S/C21H19ClFN3O2/c1-13-3-6-15(11-18(13)23)25-21(27)17-9-10-19(22)26-20(17)24-12-14-4-7-16(28-2)8-5-14/h3-11H,12H2,1-2H3,(H,24,26)(H,25,27). The number of aromatic nitrogens is 1. The number of halogens is 2. The molecule has 3 aromatic rings. The third kappa shape index (κ3) is 4.78. The van der Waals surface area contributed by atoms with Gasteiger partial charge in [-0.2, -0.15) is 0 Å². The van der Waals surface area contributed by atoms with Crippen LogP contribution in [0.5, 0.6) is 5.75 Å². The first-order chi connectivity index (χ1) is 13.5. The maximum absolute atomic E-state index is 13.7. The van der Waals surface area contributed by atoms with E-state index in [0.717, 1.165) is 11.3 Å². The van der Waals surface area contributed by atoms with Gasteiger partial charge >= 0.3 is 0 Å². The number of hydrogen-bond acceptors (Lipinski definition) is 4. The molecule has 0 aliphatic heterocycles. The molecule has 1 aromatic heterocycles. The summed E-state index contributed by atoms with van der Waals surface area (Å²) in [5.74, 6) is 0.304. The minimum Gasteiger partial charge on any atom is -0.497 e. The van der Waals surface area contributed by atoms with E-state index in [4.69, 9.17) is 16.3 Å². The lowest BCUT2D eigenvalue weighted by Crippen LogP contribution is -2.16. The molecule has 2 N–H and O–H groups in total. The molecule has 3 rings (SSSR count). The zero-order valence-electron chi connectivity index (χ0n) is 15.4. The van der Waals surface area contributed by atoms with E-state index in [9.17, 15) is 9.18 Å². The van der Waals surface area contributed by atoms with Crippen LogP contribution in [0.3, 0.4) is 0 Å². The Kier molecular flexibility index (Phi) is 6.11. The highest BCUT2D eigenvalue weighted by atomic mass is 35.5. The lowest BCUT2D eigenvalue weighted by molar-refractivity contribution is 0.102. The Bertz CT molecular complexity index is 993. The van der Waals surface area contributed by atoms with Crippen molar-refractivity contribution in [1.29, 1.82) is 0 Å². The molecule has 0 saturated carbocycles. The SMILES string of the molecule is COc1ccc(CNc2nc(Cl)ccc2C(=O)Nc2ccc(C)c(F)c2)cc1. The second kappa shape index (κ2) is 8.71. The average molecular weight is 400 g/mol. The van der Waals surface area contributed by atoms with Crippen LogP contribution >= 0.6 is 11.6 Å². The van der Waals surface area contributed by atoms with E-state index >= 15 is 0 Å². The molecule has 2 aromatic carbocycles. The molecule has 1 heterocycles. The Balaban J connectivity index is 1.77. The van der Waals surface area contributed by atoms with Crippen LogP contribution in [0.1, 0.15) is 21.5 Å². The average Bonchev–Trinajstić information content (AvgIpc) is 2.69. The molecule has 7 heteroatoms. The number of hydrogen-bond donors (Lipinski definition) is 2. The van der Waals surface area contributed by atoms with Gasteiger partial charge in [0.05, 0.1) is 12.7 Å². The maximum atomic E-state index is 13.7. The summed E-state index contributed by atoms with van der Waals surface area (Å²) < 4.78 is 18.9. The third-order valence-corrected chi connectivity index (χ3v) is 4.37. The molecule has 0 fully saturated rings. The van der Waals surface area contributed by atoms with Gasteiger partial charge in [0.25, 0.3) is 5.91 Å². The highest BCUT2D eigenvalue weighted by Crippen LogP contribution is 2.21. The second-order valence-corrected chi connectivity index (χ2v) is 6.54. The van der Waals surface area contributed by atoms with Crippen molar-refractivity contribution in [3.05, 3.63) is 82.3 Å². The van der Waals surface area contributed by atoms with Crippen molar-refractivity contribution in [2.24, 2.45) is 0 Å². The summed E-state index contributed by atoms with van der Waals surface area (Å²) in [7, 11) is 1.61. The fraction of sp³-hybridized carbons (Fsp3) is 0.143. The molecule has 5 nitrogen and oxygen atoms in total. The van der Waals surface area contributed by atoms with Crippen molar-refractivity contribution in [3.63, 3.8) is 0 Å². The van der Waals surface area contributed by atoms with Gasteiger partial charge in [-0.25, -0.2) is 9.37 Å². The van der Waals surface area contributed by atoms with E-state index in [1.165, 1.54) is 12.1 Å². The third-order valence-electron chi connectivity index (χ3n) is 4.15. The van der Waals surface area contributed by atoms with Gasteiger partial charge in [0.1, 0.15) is 22.5 Å². The summed E-state index contributed by atoms with van der Waals surface area (Å²) in [6.07, 6.45) is 0. The number of nitrogens with one attached hydrogen (secondary N) is 2. The zero-order valence-corrected chi connectivity index (χ0v) is 16.2. The highest BCUT2D eigenvalue weighted by molar-refractivity contribution is 6.29. The summed E-state index contributed by atoms with van der Waals surface area (Å²) >= 11 is 5.99. The first kappa shape index (κ1) is 19.6. The zero-order chi connectivity index (χ0) is 20.1. The van der Waals surface area contributed by atoms with Crippen LogP contribution in [-0.2, 0) is 6.54 Å². The van der Waals surface area contributed by atoms with Gasteiger partial charge in [0.2, 0.25) is 0 Å². The van der Waals surface area contributed by atoms with Gasteiger partial charge in [-0.05, 0) is 54.4 Å². The van der Waals surface area contributed by atoms with Crippen LogP contribution in [-0.4, -0.2) is 18.0 Å². The van der Waals surface area contributed by atoms with Crippen molar-refractivity contribution in [3.8, 4) is 5.75 Å². The lowest BCUT2D eigenvalue weighted by Gasteiger charge is -2.12. The summed E-state index contributed by atoms with van der Waals surface area (Å²) in [6.45, 7) is 2.10. The van der Waals surface area contributed by atoms with Gasteiger partial charge in [-0.1, -0.05) is 29.8 Å². The van der Waals surface area contributed by atoms with E-state index in [0.29, 0.717) is 29.2 Å². The molecule has 0 unspecified atom stereocenters. The molecule has 0 radical (unpaired) electrons. The summed E-state index contributed by atoms with van der Waals surface area (Å²) in [4.78, 5) is 16.9. The molecule has 28 heavy (non-hydrogen) atoms. The van der Waals surface area contributed by atoms with Gasteiger partial charge in [-0.15, -0.1) is 0 Å². The van der Waals surface area contributed by atoms with Gasteiger partial charge in [-0.3, -0.25) is 4.79 Å². The minimum absolute atomic E-state index is 0.259. The number of nitrogens with zero attached hydrogens (tertiary/aromatic N) is 1. The molecule has 0 bridgehead atoms. The molecule has 0 spiro atoms. The largest absolute Gasteiger partial charge is 0.497 e. The number of amides is 1. The van der Waals surface area contributed by atoms with Crippen LogP contribution in [0.15, 0.2) is 54.6 Å². The quantitative estimate of drug-likeness (QED) is 0.569. The van der Waals surface area contributed by atoms with E-state index in [1.807, 2.05) is 24.3 Å². The van der Waals surface area contributed by atoms with E-state index in [-0.39, 0.29) is 11.0 Å². The smallest absolute Gasteiger partial charge is 0.259 e. The predicted molar refractivity (Wildman–Crippen MR) is 109 cm³/mol. The Morgan fingerprint density at radius 3 is 2.57 bits per heavy atom. The summed E-state index contributed by atoms with van der Waals surface area (Å²) in [5.41, 5.74) is 2.16. The van der Waals surface area contributed by atoms with Crippen molar-refractivity contribution in [2.45, 2.75) is 13.5 Å². The van der Waals surface area contributed by atoms with Crippen LogP contribution in [0.2, 0.25) is 5.15 Å². The van der Waals surface area contributed by atoms with Crippen molar-refractivity contribution in [2.75, 3.05) is 17.7 Å². The predicted octanol–water partition coefficient (Wildman–Crippen LogP) is 5.06. The normalized spacial score (nSPS) is 10.4. The van der Waals surface area contributed by atoms with Crippen LogP contribution < -0.4 is 15.4 Å². The molecule has 0 atom stereocenters. The molecule has 0 aliphatic rings. The van der Waals surface area contributed by atoms with Gasteiger partial charge in [0.15, 0.2) is 0 Å². The number of carbonyl (C=O) groups excluding carboxylic acids is 1. The van der Waals surface area contributed by atoms with E-state index in [2.05, 4.69) is 15.6 Å². The lowest BCUT2D eigenvalue weighted by atomic mass is 10.2. The maximum Gasteiger partial charge on any atom is 0.259 e. The van der Waals surface area contributed by atoms with Crippen LogP contribution in [0.4, 0.5) is 15.9 Å². The van der Waals surface area contributed by atoms with E-state index < -0.39 is 5.91 Å². The molecule has 0 saturated heterocycles. The number of carbonyl (C=O) groups is 1. The van der Waals surface area contributed by atoms with Crippen molar-refractivity contribution in [1.82, 2.24) is 4.98 Å². The Hall–Kier alpha value is -3.12. The molecule has 0 aliphatic carbocycles. The fourth-order valence-electron chi connectivity index (χ4n) is 2.55. The molecule has 144 valence electrons. The van der Waals surface area contributed by atoms with Crippen molar-refractivity contribution >= 4 is 29.0 Å². The number of benzene rings is 2. The van der Waals surface area contributed by atoms with Gasteiger partial charge in [0, 0.05) is 12.2 Å². The molecular formula is C21H19ClFN3O2. The minimum atomic E-state index is -0.412. The second-order valence-electron chi connectivity index (χ2n) is 6.15. The Morgan fingerprint density at radius 1 is 1.14 bits per heavy atom. The van der Waals surface area contributed by atoms with Crippen LogP contribution in [0.25, 0.3) is 0 Å². The topological polar surface area (TPSA) is 63.2 Å². The van der Waals surface area contributed by atoms with Crippen LogP contribution in [0, 0.1) is 12.7 Å². The van der Waals surface area contributed by atoms with Crippen molar-refractivity contribution < 1.29 is 13.9 Å². The summed E-state index contributed by atoms with van der Waals surface area (Å²) in [6, 6.07) is 15.1. The number of anilines is 2. The Labute approximate surface area is 167 Å². The van der Waals surface area contributed by atoms with Gasteiger partial charge < -0.3 is 15.4 Å². The Morgan fingerprint density at radius 2 is 1.89 bits per heavy atom. The number of pyridine rings is 1. The fourth-order valence-corrected chi connectivity index (χ4v) is 2.70. The number of aryl methyl sites for hydroxylation is 1. The first-order valence-electron chi connectivity index (χ1n) is 8.57. The van der Waals surface area contributed by atoms with E-state index in [1.54, 1.807) is 32.2 Å². The number of rotatable bonds is 6. The number of methoxy groups -OCH3 is 1. The molecule has 1 amide bonds. The highest BCUT2D eigenvalue weighted by Gasteiger charge is 2.14. The monoisotopic (exact) mass is 399 g/mol.